The summed E-state index contributed by atoms with van der Waals surface area (Å²) in [6.07, 6.45) is 4.55. The normalized spacial score (nSPS) is 15.4. The predicted molar refractivity (Wildman–Crippen MR) is 101 cm³/mol. The second kappa shape index (κ2) is 6.96. The molecule has 6 nitrogen and oxygen atoms in total. The molecule has 0 N–H and O–H groups in total. The van der Waals surface area contributed by atoms with Crippen molar-refractivity contribution in [2.75, 3.05) is 18.0 Å². The van der Waals surface area contributed by atoms with Gasteiger partial charge in [-0.1, -0.05) is 11.6 Å². The molecule has 1 saturated heterocycles. The summed E-state index contributed by atoms with van der Waals surface area (Å²) >= 11 is 5.92. The van der Waals surface area contributed by atoms with Crippen molar-refractivity contribution in [3.63, 3.8) is 0 Å². The lowest BCUT2D eigenvalue weighted by molar-refractivity contribution is 0.111. The van der Waals surface area contributed by atoms with Gasteiger partial charge in [0.1, 0.15) is 17.5 Å². The number of aldehydes is 1. The van der Waals surface area contributed by atoms with Gasteiger partial charge in [-0.2, -0.15) is 5.10 Å². The lowest BCUT2D eigenvalue weighted by Crippen LogP contribution is -2.38. The van der Waals surface area contributed by atoms with Crippen LogP contribution in [-0.4, -0.2) is 40.2 Å². The number of halogens is 1. The van der Waals surface area contributed by atoms with Crippen LogP contribution in [0.1, 0.15) is 23.3 Å². The third-order valence-electron chi connectivity index (χ3n) is 4.74. The van der Waals surface area contributed by atoms with E-state index >= 15 is 0 Å². The summed E-state index contributed by atoms with van der Waals surface area (Å²) in [6, 6.07) is 9.42. The van der Waals surface area contributed by atoms with Gasteiger partial charge >= 0.3 is 0 Å². The highest BCUT2D eigenvalue weighted by molar-refractivity contribution is 6.30. The van der Waals surface area contributed by atoms with Crippen LogP contribution < -0.4 is 9.64 Å². The first kappa shape index (κ1) is 16.8. The zero-order valence-electron chi connectivity index (χ0n) is 14.4. The fourth-order valence-electron chi connectivity index (χ4n) is 3.46. The third kappa shape index (κ3) is 3.12. The molecule has 0 bridgehead atoms. The Morgan fingerprint density at radius 2 is 1.92 bits per heavy atom. The number of carbonyl (C=O) groups is 1. The van der Waals surface area contributed by atoms with Crippen molar-refractivity contribution >= 4 is 34.6 Å². The molecule has 2 aromatic heterocycles. The van der Waals surface area contributed by atoms with Crippen molar-refractivity contribution < 1.29 is 9.53 Å². The Morgan fingerprint density at radius 3 is 2.62 bits per heavy atom. The Morgan fingerprint density at radius 1 is 1.19 bits per heavy atom. The molecule has 0 radical (unpaired) electrons. The molecular weight excluding hydrogens is 352 g/mol. The van der Waals surface area contributed by atoms with E-state index in [4.69, 9.17) is 16.3 Å². The highest BCUT2D eigenvalue weighted by Gasteiger charge is 2.24. The summed E-state index contributed by atoms with van der Waals surface area (Å²) in [5.74, 6) is 0.842. The molecule has 0 atom stereocenters. The number of benzene rings is 1. The fourth-order valence-corrected chi connectivity index (χ4v) is 3.58. The molecule has 0 saturated carbocycles. The first-order valence-corrected chi connectivity index (χ1v) is 8.97. The van der Waals surface area contributed by atoms with Gasteiger partial charge in [-0.05, 0) is 30.3 Å². The predicted octanol–water partition coefficient (Wildman–Crippen LogP) is 3.48. The molecule has 1 fully saturated rings. The van der Waals surface area contributed by atoms with Crippen LogP contribution in [0.4, 0.5) is 5.69 Å². The number of aromatic nitrogens is 3. The maximum Gasteiger partial charge on any atom is 0.171 e. The van der Waals surface area contributed by atoms with Crippen molar-refractivity contribution in [3.05, 3.63) is 47.2 Å². The van der Waals surface area contributed by atoms with E-state index in [1.165, 1.54) is 0 Å². The number of fused-ring (bicyclic) bond motifs is 1. The molecule has 4 rings (SSSR count). The van der Waals surface area contributed by atoms with E-state index in [0.717, 1.165) is 54.7 Å². The Bertz CT molecular complexity index is 931. The maximum absolute atomic E-state index is 11.4. The number of pyridine rings is 1. The van der Waals surface area contributed by atoms with Crippen molar-refractivity contribution in [3.8, 4) is 5.75 Å². The molecule has 1 aliphatic rings. The van der Waals surface area contributed by atoms with Gasteiger partial charge in [0, 0.05) is 44.2 Å². The highest BCUT2D eigenvalue weighted by Crippen LogP contribution is 2.30. The van der Waals surface area contributed by atoms with Crippen molar-refractivity contribution in [1.29, 1.82) is 0 Å². The average molecular weight is 371 g/mol. The molecule has 0 unspecified atom stereocenters. The topological polar surface area (TPSA) is 60.2 Å². The van der Waals surface area contributed by atoms with Crippen molar-refractivity contribution in [2.24, 2.45) is 7.05 Å². The van der Waals surface area contributed by atoms with E-state index in [0.29, 0.717) is 10.7 Å². The number of hydrogen-bond acceptors (Lipinski definition) is 5. The fraction of sp³-hybridized carbons (Fsp3) is 0.316. The molecule has 3 heterocycles. The number of ether oxygens (including phenoxy) is 1. The van der Waals surface area contributed by atoms with Crippen LogP contribution in [0, 0.1) is 0 Å². The van der Waals surface area contributed by atoms with Gasteiger partial charge in [0.25, 0.3) is 0 Å². The summed E-state index contributed by atoms with van der Waals surface area (Å²) in [4.78, 5) is 18.0. The van der Waals surface area contributed by atoms with E-state index in [9.17, 15) is 4.79 Å². The summed E-state index contributed by atoms with van der Waals surface area (Å²) in [5.41, 5.74) is 2.17. The van der Waals surface area contributed by atoms with Crippen LogP contribution >= 0.6 is 11.6 Å². The monoisotopic (exact) mass is 370 g/mol. The van der Waals surface area contributed by atoms with E-state index in [1.54, 1.807) is 17.9 Å². The Labute approximate surface area is 156 Å². The van der Waals surface area contributed by atoms with Gasteiger partial charge < -0.3 is 9.64 Å². The van der Waals surface area contributed by atoms with Crippen LogP contribution in [0.25, 0.3) is 11.0 Å². The summed E-state index contributed by atoms with van der Waals surface area (Å²) in [6.45, 7) is 1.70. The van der Waals surface area contributed by atoms with Gasteiger partial charge in [0.05, 0.1) is 11.1 Å². The Kier molecular flexibility index (Phi) is 4.51. The second-order valence-electron chi connectivity index (χ2n) is 6.41. The van der Waals surface area contributed by atoms with Crippen molar-refractivity contribution in [1.82, 2.24) is 14.8 Å². The Balaban J connectivity index is 1.50. The van der Waals surface area contributed by atoms with Gasteiger partial charge in [0.2, 0.25) is 0 Å². The number of aryl methyl sites for hydroxylation is 1. The molecule has 0 spiro atoms. The number of carbonyl (C=O) groups excluding carboxylic acids is 1. The lowest BCUT2D eigenvalue weighted by Gasteiger charge is -2.34. The van der Waals surface area contributed by atoms with Crippen molar-refractivity contribution in [2.45, 2.75) is 18.9 Å². The molecule has 0 amide bonds. The average Bonchev–Trinajstić information content (AvgIpc) is 3.01. The molecular formula is C19H19ClN4O2. The minimum absolute atomic E-state index is 0.171. The van der Waals surface area contributed by atoms with E-state index in [2.05, 4.69) is 15.0 Å². The van der Waals surface area contributed by atoms with Crippen LogP contribution in [0.15, 0.2) is 36.5 Å². The number of piperidine rings is 1. The molecule has 134 valence electrons. The first-order valence-electron chi connectivity index (χ1n) is 8.60. The summed E-state index contributed by atoms with van der Waals surface area (Å²) in [5, 5.41) is 5.79. The quantitative estimate of drug-likeness (QED) is 0.658. The summed E-state index contributed by atoms with van der Waals surface area (Å²) < 4.78 is 7.71. The number of nitrogens with zero attached hydrogens (tertiary/aromatic N) is 4. The molecule has 0 aliphatic carbocycles. The molecule has 3 aromatic rings. The van der Waals surface area contributed by atoms with Gasteiger partial charge in [-0.25, -0.2) is 9.67 Å². The minimum atomic E-state index is 0.171. The minimum Gasteiger partial charge on any atom is -0.490 e. The molecule has 26 heavy (non-hydrogen) atoms. The van der Waals surface area contributed by atoms with Gasteiger partial charge in [-0.15, -0.1) is 0 Å². The van der Waals surface area contributed by atoms with Crippen LogP contribution in [0.5, 0.6) is 5.75 Å². The first-order chi connectivity index (χ1) is 12.7. The number of anilines is 1. The molecule has 1 aromatic carbocycles. The highest BCUT2D eigenvalue weighted by atomic mass is 35.5. The largest absolute Gasteiger partial charge is 0.490 e. The Hall–Kier alpha value is -2.60. The van der Waals surface area contributed by atoms with Gasteiger partial charge in [0.15, 0.2) is 11.9 Å². The molecule has 1 aliphatic heterocycles. The third-order valence-corrected chi connectivity index (χ3v) is 4.99. The van der Waals surface area contributed by atoms with Crippen LogP contribution in [0.3, 0.4) is 0 Å². The standard InChI is InChI=1S/C19H19ClN4O2/c1-23-19-18(16(12-25)22-23)17(6-9-21-19)24-10-7-15(8-11-24)26-14-4-2-13(20)3-5-14/h2-6,9,12,15H,7-8,10-11H2,1H3. The summed E-state index contributed by atoms with van der Waals surface area (Å²) in [7, 11) is 1.80. The van der Waals surface area contributed by atoms with E-state index < -0.39 is 0 Å². The van der Waals surface area contributed by atoms with Crippen LogP contribution in [-0.2, 0) is 7.05 Å². The number of hydrogen-bond donors (Lipinski definition) is 0. The molecule has 7 heteroatoms. The zero-order chi connectivity index (χ0) is 18.1. The van der Waals surface area contributed by atoms with E-state index in [1.807, 2.05) is 30.3 Å². The lowest BCUT2D eigenvalue weighted by atomic mass is 10.1. The number of rotatable bonds is 4. The second-order valence-corrected chi connectivity index (χ2v) is 6.85. The zero-order valence-corrected chi connectivity index (χ0v) is 15.2. The SMILES string of the molecule is Cn1nc(C=O)c2c(N3CCC(Oc4ccc(Cl)cc4)CC3)ccnc21. The smallest absolute Gasteiger partial charge is 0.171 e. The van der Waals surface area contributed by atoms with E-state index in [-0.39, 0.29) is 6.10 Å². The van der Waals surface area contributed by atoms with Gasteiger partial charge in [-0.3, -0.25) is 4.79 Å². The van der Waals surface area contributed by atoms with Crippen LogP contribution in [0.2, 0.25) is 5.02 Å². The maximum atomic E-state index is 11.4.